The molecule has 1 N–H and O–H groups in total. The number of rotatable bonds is 2. The molecular formula is C19H21N5OS. The molecule has 0 aliphatic carbocycles. The molecule has 1 saturated heterocycles. The van der Waals surface area contributed by atoms with Gasteiger partial charge in [0.2, 0.25) is 5.95 Å². The van der Waals surface area contributed by atoms with Crippen molar-refractivity contribution in [3.63, 3.8) is 0 Å². The molecule has 0 amide bonds. The summed E-state index contributed by atoms with van der Waals surface area (Å²) < 4.78 is 2.17. The van der Waals surface area contributed by atoms with Gasteiger partial charge in [-0.25, -0.2) is 4.98 Å². The van der Waals surface area contributed by atoms with Crippen molar-refractivity contribution in [2.75, 3.05) is 18.0 Å². The highest BCUT2D eigenvalue weighted by Crippen LogP contribution is 2.21. The maximum atomic E-state index is 12.7. The Balaban J connectivity index is 1.80. The van der Waals surface area contributed by atoms with Crippen molar-refractivity contribution >= 4 is 29.2 Å². The Morgan fingerprint density at radius 1 is 1.19 bits per heavy atom. The molecule has 0 atom stereocenters. The maximum Gasteiger partial charge on any atom is 0.264 e. The van der Waals surface area contributed by atoms with Crippen LogP contribution < -0.4 is 10.5 Å². The average Bonchev–Trinajstić information content (AvgIpc) is 2.63. The minimum absolute atomic E-state index is 0.234. The van der Waals surface area contributed by atoms with Gasteiger partial charge in [0.25, 0.3) is 5.56 Å². The number of fused-ring (bicyclic) bond motifs is 1. The van der Waals surface area contributed by atoms with Gasteiger partial charge in [-0.3, -0.25) is 14.3 Å². The number of benzene rings is 1. The molecule has 3 aromatic rings. The molecule has 0 bridgehead atoms. The number of H-pyrrole nitrogens is 1. The largest absolute Gasteiger partial charge is 0.342 e. The van der Waals surface area contributed by atoms with Crippen molar-refractivity contribution in [3.8, 4) is 5.69 Å². The molecule has 6 nitrogen and oxygen atoms in total. The number of aromatic nitrogens is 4. The zero-order valence-electron chi connectivity index (χ0n) is 14.9. The molecule has 0 saturated carbocycles. The number of nitrogens with zero attached hydrogens (tertiary/aromatic N) is 4. The first-order valence-corrected chi connectivity index (χ1v) is 9.27. The molecule has 26 heavy (non-hydrogen) atoms. The van der Waals surface area contributed by atoms with Crippen LogP contribution in [0.5, 0.6) is 0 Å². The second kappa shape index (κ2) is 6.64. The Bertz CT molecular complexity index is 1060. The van der Waals surface area contributed by atoms with E-state index in [-0.39, 0.29) is 5.56 Å². The first-order valence-electron chi connectivity index (χ1n) is 8.86. The lowest BCUT2D eigenvalue weighted by Crippen LogP contribution is -2.35. The quantitative estimate of drug-likeness (QED) is 0.703. The van der Waals surface area contributed by atoms with E-state index in [2.05, 4.69) is 26.8 Å². The second-order valence-corrected chi connectivity index (χ2v) is 7.40. The molecular weight excluding hydrogens is 346 g/mol. The average molecular weight is 367 g/mol. The van der Waals surface area contributed by atoms with E-state index in [1.165, 1.54) is 0 Å². The third-order valence-corrected chi connectivity index (χ3v) is 5.41. The van der Waals surface area contributed by atoms with Crippen LogP contribution in [0.3, 0.4) is 0 Å². The van der Waals surface area contributed by atoms with E-state index in [1.807, 2.05) is 31.2 Å². The molecule has 0 spiro atoms. The van der Waals surface area contributed by atoms with E-state index in [1.54, 1.807) is 10.9 Å². The molecule has 0 radical (unpaired) electrons. The summed E-state index contributed by atoms with van der Waals surface area (Å²) in [5, 5.41) is 0.359. The highest BCUT2D eigenvalue weighted by Gasteiger charge is 2.19. The monoisotopic (exact) mass is 367 g/mol. The van der Waals surface area contributed by atoms with Crippen LogP contribution in [0.25, 0.3) is 16.7 Å². The van der Waals surface area contributed by atoms with Gasteiger partial charge in [0.1, 0.15) is 16.4 Å². The van der Waals surface area contributed by atoms with Crippen molar-refractivity contribution in [3.05, 3.63) is 51.2 Å². The topological polar surface area (TPSA) is 66.8 Å². The predicted octanol–water partition coefficient (Wildman–Crippen LogP) is 3.38. The van der Waals surface area contributed by atoms with Gasteiger partial charge >= 0.3 is 0 Å². The van der Waals surface area contributed by atoms with Crippen LogP contribution in [0.15, 0.2) is 35.4 Å². The number of aryl methyl sites for hydroxylation is 1. The molecule has 7 heteroatoms. The van der Waals surface area contributed by atoms with Crippen LogP contribution >= 0.6 is 12.2 Å². The van der Waals surface area contributed by atoms with Crippen LogP contribution in [0.2, 0.25) is 0 Å². The summed E-state index contributed by atoms with van der Waals surface area (Å²) in [5.74, 6) is 1.30. The molecule has 1 aliphatic heterocycles. The molecule has 0 unspecified atom stereocenters. The van der Waals surface area contributed by atoms with E-state index < -0.39 is 0 Å². The zero-order chi connectivity index (χ0) is 18.3. The van der Waals surface area contributed by atoms with Gasteiger partial charge < -0.3 is 4.90 Å². The lowest BCUT2D eigenvalue weighted by Gasteiger charge is -2.30. The van der Waals surface area contributed by atoms with E-state index in [9.17, 15) is 4.79 Å². The number of piperidine rings is 1. The van der Waals surface area contributed by atoms with Crippen LogP contribution in [0.1, 0.15) is 25.3 Å². The first-order chi connectivity index (χ1) is 12.5. The van der Waals surface area contributed by atoms with Gasteiger partial charge in [-0.1, -0.05) is 36.8 Å². The summed E-state index contributed by atoms with van der Waals surface area (Å²) in [6.45, 7) is 6.07. The minimum atomic E-state index is -0.234. The van der Waals surface area contributed by atoms with Gasteiger partial charge in [0, 0.05) is 18.8 Å². The van der Waals surface area contributed by atoms with E-state index in [0.717, 1.165) is 37.2 Å². The summed E-state index contributed by atoms with van der Waals surface area (Å²) in [6.07, 6.45) is 3.84. The Morgan fingerprint density at radius 2 is 1.88 bits per heavy atom. The van der Waals surface area contributed by atoms with Gasteiger partial charge in [0.05, 0.1) is 0 Å². The number of hydrogen-bond donors (Lipinski definition) is 1. The fraction of sp³-hybridized carbons (Fsp3) is 0.368. The smallest absolute Gasteiger partial charge is 0.264 e. The van der Waals surface area contributed by atoms with Crippen molar-refractivity contribution in [1.29, 1.82) is 0 Å². The number of aromatic amines is 1. The SMILES string of the molecule is Cc1ccc(-n2cnc3nc(N4CCC(C)CC4)[nH]c(=O)c3c2=S)cc1. The summed E-state index contributed by atoms with van der Waals surface area (Å²) >= 11 is 5.56. The first kappa shape index (κ1) is 16.9. The van der Waals surface area contributed by atoms with Crippen molar-refractivity contribution in [2.45, 2.75) is 26.7 Å². The normalized spacial score (nSPS) is 15.5. The maximum absolute atomic E-state index is 12.7. The number of hydrogen-bond acceptors (Lipinski definition) is 5. The Morgan fingerprint density at radius 3 is 2.58 bits per heavy atom. The Hall–Kier alpha value is -2.54. The predicted molar refractivity (Wildman–Crippen MR) is 106 cm³/mol. The van der Waals surface area contributed by atoms with Crippen LogP contribution in [0.4, 0.5) is 5.95 Å². The molecule has 1 aromatic carbocycles. The second-order valence-electron chi connectivity index (χ2n) is 7.01. The number of nitrogens with one attached hydrogen (secondary N) is 1. The molecule has 4 rings (SSSR count). The van der Waals surface area contributed by atoms with Crippen LogP contribution in [-0.2, 0) is 0 Å². The van der Waals surface area contributed by atoms with Crippen LogP contribution in [0, 0.1) is 17.5 Å². The highest BCUT2D eigenvalue weighted by atomic mass is 32.1. The minimum Gasteiger partial charge on any atom is -0.342 e. The van der Waals surface area contributed by atoms with Gasteiger partial charge in [-0.15, -0.1) is 0 Å². The van der Waals surface area contributed by atoms with E-state index >= 15 is 0 Å². The molecule has 1 fully saturated rings. The fourth-order valence-corrected chi connectivity index (χ4v) is 3.62. The standard InChI is InChI=1S/C19H21N5OS/c1-12-3-5-14(6-4-12)24-11-20-16-15(18(24)26)17(25)22-19(21-16)23-9-7-13(2)8-10-23/h3-6,11,13H,7-10H2,1-2H3,(H,21,22,25). The lowest BCUT2D eigenvalue weighted by molar-refractivity contribution is 0.434. The molecule has 134 valence electrons. The van der Waals surface area contributed by atoms with Gasteiger partial charge in [-0.2, -0.15) is 4.98 Å². The van der Waals surface area contributed by atoms with Crippen molar-refractivity contribution < 1.29 is 0 Å². The highest BCUT2D eigenvalue weighted by molar-refractivity contribution is 7.71. The van der Waals surface area contributed by atoms with Crippen molar-refractivity contribution in [2.24, 2.45) is 5.92 Å². The summed E-state index contributed by atoms with van der Waals surface area (Å²) in [5.41, 5.74) is 2.20. The van der Waals surface area contributed by atoms with E-state index in [4.69, 9.17) is 12.2 Å². The number of anilines is 1. The Kier molecular flexibility index (Phi) is 4.32. The van der Waals surface area contributed by atoms with Crippen LogP contribution in [-0.4, -0.2) is 32.6 Å². The molecule has 1 aliphatic rings. The summed E-state index contributed by atoms with van der Waals surface area (Å²) in [6, 6.07) is 7.93. The van der Waals surface area contributed by atoms with E-state index in [0.29, 0.717) is 27.5 Å². The van der Waals surface area contributed by atoms with Crippen molar-refractivity contribution in [1.82, 2.24) is 19.5 Å². The summed E-state index contributed by atoms with van der Waals surface area (Å²) in [7, 11) is 0. The van der Waals surface area contributed by atoms with Gasteiger partial charge in [0.15, 0.2) is 5.65 Å². The van der Waals surface area contributed by atoms with Gasteiger partial charge in [-0.05, 0) is 37.8 Å². The fourth-order valence-electron chi connectivity index (χ4n) is 3.28. The third-order valence-electron chi connectivity index (χ3n) is 5.01. The third kappa shape index (κ3) is 3.03. The zero-order valence-corrected chi connectivity index (χ0v) is 15.7. The lowest BCUT2D eigenvalue weighted by atomic mass is 10.00. The summed E-state index contributed by atoms with van der Waals surface area (Å²) in [4.78, 5) is 26.7. The molecule has 2 aromatic heterocycles. The molecule has 3 heterocycles. The Labute approximate surface area is 156 Å².